The van der Waals surface area contributed by atoms with Crippen molar-refractivity contribution < 1.29 is 0 Å². The largest absolute Gasteiger partial charge is 0.265 e. The number of nitrogens with zero attached hydrogens (tertiary/aromatic N) is 7. The molecule has 1 spiro atoms. The van der Waals surface area contributed by atoms with Crippen molar-refractivity contribution >= 4 is 17.1 Å². The van der Waals surface area contributed by atoms with Gasteiger partial charge >= 0.3 is 0 Å². The zero-order valence-electron chi connectivity index (χ0n) is 14.5. The lowest BCUT2D eigenvalue weighted by Crippen LogP contribution is -2.58. The average molecular weight is 378 g/mol. The Morgan fingerprint density at radius 2 is 2.04 bits per heavy atom. The summed E-state index contributed by atoms with van der Waals surface area (Å²) in [6.45, 7) is 0. The molecule has 3 aromatic rings. The van der Waals surface area contributed by atoms with Crippen molar-refractivity contribution in [1.82, 2.24) is 24.4 Å². The van der Waals surface area contributed by atoms with Crippen molar-refractivity contribution in [3.63, 3.8) is 0 Å². The maximum Gasteiger partial charge on any atom is 0.148 e. The molecule has 5 rings (SSSR count). The van der Waals surface area contributed by atoms with Crippen LogP contribution in [-0.4, -0.2) is 24.4 Å². The fraction of sp³-hybridized carbons (Fsp3) is 0.421. The summed E-state index contributed by atoms with van der Waals surface area (Å²) in [6.07, 6.45) is 11.2. The Hall–Kier alpha value is -2.90. The second-order valence-electron chi connectivity index (χ2n) is 7.89. The molecule has 0 amide bonds. The van der Waals surface area contributed by atoms with E-state index in [0.29, 0.717) is 11.6 Å². The van der Waals surface area contributed by atoms with Crippen LogP contribution in [0.1, 0.15) is 32.1 Å². The van der Waals surface area contributed by atoms with Crippen molar-refractivity contribution in [3.05, 3.63) is 36.0 Å². The molecule has 0 unspecified atom stereocenters. The van der Waals surface area contributed by atoms with Gasteiger partial charge in [-0.05, 0) is 37.2 Å². The highest BCUT2D eigenvalue weighted by atomic mass is 35.5. The van der Waals surface area contributed by atoms with Crippen LogP contribution in [0.4, 0.5) is 0 Å². The summed E-state index contributed by atoms with van der Waals surface area (Å²) in [7, 11) is 0. The lowest BCUT2D eigenvalue weighted by molar-refractivity contribution is -0.108. The third-order valence-corrected chi connectivity index (χ3v) is 6.24. The molecule has 8 heteroatoms. The average Bonchev–Trinajstić information content (AvgIpc) is 3.24. The predicted octanol–water partition coefficient (Wildman–Crippen LogP) is 3.57. The van der Waals surface area contributed by atoms with E-state index in [1.54, 1.807) is 23.1 Å². The number of aromatic nitrogens is 5. The van der Waals surface area contributed by atoms with Gasteiger partial charge in [0, 0.05) is 17.7 Å². The van der Waals surface area contributed by atoms with E-state index in [2.05, 4.69) is 27.3 Å². The summed E-state index contributed by atoms with van der Waals surface area (Å²) in [4.78, 5) is 4.46. The van der Waals surface area contributed by atoms with Crippen LogP contribution in [0.25, 0.3) is 16.8 Å². The molecule has 0 bridgehead atoms. The van der Waals surface area contributed by atoms with E-state index in [0.717, 1.165) is 42.5 Å². The number of hydrogen-bond donors (Lipinski definition) is 0. The first-order valence-corrected chi connectivity index (χ1v) is 9.26. The van der Waals surface area contributed by atoms with E-state index in [-0.39, 0.29) is 16.9 Å². The second-order valence-corrected chi connectivity index (χ2v) is 8.28. The number of rotatable bonds is 3. The zero-order valence-corrected chi connectivity index (χ0v) is 15.3. The predicted molar refractivity (Wildman–Crippen MR) is 97.4 cm³/mol. The maximum atomic E-state index is 9.38. The Morgan fingerprint density at radius 3 is 2.78 bits per heavy atom. The van der Waals surface area contributed by atoms with Crippen LogP contribution in [0, 0.1) is 34.0 Å². The van der Waals surface area contributed by atoms with Crippen LogP contribution < -0.4 is 0 Å². The Morgan fingerprint density at radius 1 is 1.22 bits per heavy atom. The topological polar surface area (TPSA) is 95.6 Å². The van der Waals surface area contributed by atoms with E-state index >= 15 is 0 Å². The first kappa shape index (κ1) is 16.3. The van der Waals surface area contributed by atoms with Gasteiger partial charge < -0.3 is 0 Å². The van der Waals surface area contributed by atoms with Crippen LogP contribution in [0.2, 0.25) is 5.15 Å². The summed E-state index contributed by atoms with van der Waals surface area (Å²) in [5, 5.41) is 27.6. The van der Waals surface area contributed by atoms with E-state index in [9.17, 15) is 5.26 Å². The minimum absolute atomic E-state index is 0.170. The highest BCUT2D eigenvalue weighted by Gasteiger charge is 2.61. The number of fused-ring (bicyclic) bond motifs is 1. The Bertz CT molecular complexity index is 1120. The first-order valence-electron chi connectivity index (χ1n) is 8.89. The van der Waals surface area contributed by atoms with Crippen LogP contribution in [0.3, 0.4) is 0 Å². The van der Waals surface area contributed by atoms with Crippen molar-refractivity contribution in [2.24, 2.45) is 11.3 Å². The molecular formula is C19H16ClN7. The van der Waals surface area contributed by atoms with Gasteiger partial charge in [-0.1, -0.05) is 11.6 Å². The molecule has 27 heavy (non-hydrogen) atoms. The molecule has 2 aliphatic carbocycles. The molecule has 0 N–H and O–H groups in total. The van der Waals surface area contributed by atoms with Crippen molar-refractivity contribution in [1.29, 1.82) is 10.5 Å². The molecule has 3 aromatic heterocycles. The minimum Gasteiger partial charge on any atom is -0.265 e. The molecule has 2 fully saturated rings. The molecule has 2 aliphatic rings. The van der Waals surface area contributed by atoms with Crippen LogP contribution in [-0.2, 0) is 5.54 Å². The molecule has 134 valence electrons. The standard InChI is InChI=1S/C19H16ClN7/c20-16-10-26-15(1-4-23-26)17(25-16)14-8-24-27(9-14)19(2-3-21)11-18(12-19)5-13(6-18)7-22/h1,4,8-10,13H,2,5-6,11-12H2. The molecule has 0 aliphatic heterocycles. The van der Waals surface area contributed by atoms with Gasteiger partial charge in [0.25, 0.3) is 0 Å². The zero-order chi connectivity index (χ0) is 18.6. The Labute approximate surface area is 160 Å². The quantitative estimate of drug-likeness (QED) is 0.695. The number of hydrogen-bond acceptors (Lipinski definition) is 5. The fourth-order valence-corrected chi connectivity index (χ4v) is 5.22. The summed E-state index contributed by atoms with van der Waals surface area (Å²) < 4.78 is 3.62. The van der Waals surface area contributed by atoms with Gasteiger partial charge in [0.05, 0.1) is 48.2 Å². The molecule has 3 heterocycles. The minimum atomic E-state index is -0.289. The second kappa shape index (κ2) is 5.55. The SMILES string of the molecule is N#CCC1(n2cc(-c3nc(Cl)cn4nccc34)cn2)CC2(CC(C#N)C2)C1. The van der Waals surface area contributed by atoms with Crippen LogP contribution in [0.15, 0.2) is 30.9 Å². The molecule has 0 radical (unpaired) electrons. The van der Waals surface area contributed by atoms with Gasteiger partial charge in [-0.2, -0.15) is 20.7 Å². The Kier molecular flexibility index (Phi) is 3.35. The lowest BCUT2D eigenvalue weighted by atomic mass is 9.45. The van der Waals surface area contributed by atoms with E-state index in [4.69, 9.17) is 16.9 Å². The normalized spacial score (nSPS) is 29.1. The maximum absolute atomic E-state index is 9.38. The van der Waals surface area contributed by atoms with Gasteiger partial charge in [0.15, 0.2) is 0 Å². The summed E-state index contributed by atoms with van der Waals surface area (Å²) in [6, 6.07) is 6.56. The van der Waals surface area contributed by atoms with Crippen molar-refractivity contribution in [2.45, 2.75) is 37.6 Å². The smallest absolute Gasteiger partial charge is 0.148 e. The van der Waals surface area contributed by atoms with Gasteiger partial charge in [-0.15, -0.1) is 0 Å². The van der Waals surface area contributed by atoms with Gasteiger partial charge in [-0.25, -0.2) is 9.50 Å². The Balaban J connectivity index is 1.49. The fourth-order valence-electron chi connectivity index (χ4n) is 5.04. The third-order valence-electron chi connectivity index (χ3n) is 6.06. The van der Waals surface area contributed by atoms with E-state index in [1.807, 2.05) is 16.9 Å². The number of halogens is 1. The number of nitriles is 2. The highest BCUT2D eigenvalue weighted by molar-refractivity contribution is 6.29. The molecular weight excluding hydrogens is 362 g/mol. The van der Waals surface area contributed by atoms with Gasteiger partial charge in [0.2, 0.25) is 0 Å². The highest BCUT2D eigenvalue weighted by Crippen LogP contribution is 2.66. The molecule has 0 aromatic carbocycles. The molecule has 2 saturated carbocycles. The molecule has 0 atom stereocenters. The van der Waals surface area contributed by atoms with Crippen LogP contribution >= 0.6 is 11.6 Å². The van der Waals surface area contributed by atoms with E-state index in [1.165, 1.54) is 0 Å². The monoisotopic (exact) mass is 377 g/mol. The first-order chi connectivity index (χ1) is 13.1. The summed E-state index contributed by atoms with van der Waals surface area (Å²) in [5.74, 6) is 0.170. The molecule has 7 nitrogen and oxygen atoms in total. The van der Waals surface area contributed by atoms with Crippen LogP contribution in [0.5, 0.6) is 0 Å². The third kappa shape index (κ3) is 2.35. The van der Waals surface area contributed by atoms with Crippen molar-refractivity contribution in [2.75, 3.05) is 0 Å². The van der Waals surface area contributed by atoms with Gasteiger partial charge in [-0.3, -0.25) is 4.68 Å². The summed E-state index contributed by atoms with van der Waals surface area (Å²) >= 11 is 6.14. The molecule has 0 saturated heterocycles. The van der Waals surface area contributed by atoms with E-state index < -0.39 is 0 Å². The summed E-state index contributed by atoms with van der Waals surface area (Å²) in [5.41, 5.74) is 2.36. The lowest BCUT2D eigenvalue weighted by Gasteiger charge is -2.61. The van der Waals surface area contributed by atoms with Gasteiger partial charge in [0.1, 0.15) is 10.8 Å². The van der Waals surface area contributed by atoms with Crippen molar-refractivity contribution in [3.8, 4) is 23.4 Å².